The first kappa shape index (κ1) is 10.0. The van der Waals surface area contributed by atoms with Crippen LogP contribution in [0.3, 0.4) is 0 Å². The van der Waals surface area contributed by atoms with Crippen LogP contribution in [0.1, 0.15) is 13.3 Å². The van der Waals surface area contributed by atoms with Crippen molar-refractivity contribution in [1.29, 1.82) is 0 Å². The number of hydrogen-bond donors (Lipinski definition) is 1. The number of hydrogen-bond acceptors (Lipinski definition) is 4. The summed E-state index contributed by atoms with van der Waals surface area (Å²) in [6.45, 7) is 1.70. The molecule has 0 unspecified atom stereocenters. The molecule has 74 valence electrons. The van der Waals surface area contributed by atoms with Gasteiger partial charge in [0.15, 0.2) is 14.7 Å². The highest BCUT2D eigenvalue weighted by atomic mass is 32.2. The lowest BCUT2D eigenvalue weighted by molar-refractivity contribution is -0.132. The molecule has 0 aromatic rings. The molecule has 5 nitrogen and oxygen atoms in total. The number of sulfone groups is 1. The van der Waals surface area contributed by atoms with Crippen molar-refractivity contribution in [2.24, 2.45) is 0 Å². The topological polar surface area (TPSA) is 80.7 Å². The number of carboxylic acids is 1. The van der Waals surface area contributed by atoms with E-state index in [-0.39, 0.29) is 24.5 Å². The van der Waals surface area contributed by atoms with E-state index in [4.69, 9.17) is 9.84 Å². The highest BCUT2D eigenvalue weighted by Gasteiger charge is 2.32. The van der Waals surface area contributed by atoms with Gasteiger partial charge in [-0.15, -0.1) is 0 Å². The predicted molar refractivity (Wildman–Crippen MR) is 44.7 cm³/mol. The molecule has 13 heavy (non-hydrogen) atoms. The zero-order valence-electron chi connectivity index (χ0n) is 7.11. The lowest BCUT2D eigenvalue weighted by Gasteiger charge is -2.17. The van der Waals surface area contributed by atoms with Crippen molar-refractivity contribution >= 4 is 15.8 Å². The summed E-state index contributed by atoms with van der Waals surface area (Å²) in [4.78, 5) is 10.0. The Kier molecular flexibility index (Phi) is 2.60. The highest BCUT2D eigenvalue weighted by Crippen LogP contribution is 2.22. The maximum Gasteiger partial charge on any atom is 0.350 e. The van der Waals surface area contributed by atoms with E-state index in [0.29, 0.717) is 0 Å². The van der Waals surface area contributed by atoms with Gasteiger partial charge in [0.1, 0.15) is 12.4 Å². The molecule has 0 aromatic heterocycles. The molecule has 1 heterocycles. The van der Waals surface area contributed by atoms with Gasteiger partial charge in [0, 0.05) is 6.42 Å². The van der Waals surface area contributed by atoms with Gasteiger partial charge in [-0.1, -0.05) is 6.92 Å². The molecular weight excluding hydrogens is 196 g/mol. The third-order valence-corrected chi connectivity index (χ3v) is 3.44. The number of carboxylic acid groups (broad SMARTS) is 1. The van der Waals surface area contributed by atoms with E-state index in [9.17, 15) is 13.2 Å². The summed E-state index contributed by atoms with van der Waals surface area (Å²) in [6, 6.07) is 0. The molecule has 0 saturated heterocycles. The molecule has 0 amide bonds. The van der Waals surface area contributed by atoms with Gasteiger partial charge in [-0.25, -0.2) is 13.2 Å². The third-order valence-electron chi connectivity index (χ3n) is 1.71. The number of allylic oxidation sites excluding steroid dienone is 1. The van der Waals surface area contributed by atoms with Crippen LogP contribution in [0.15, 0.2) is 10.7 Å². The zero-order chi connectivity index (χ0) is 10.1. The molecule has 0 bridgehead atoms. The van der Waals surface area contributed by atoms with Gasteiger partial charge in [-0.3, -0.25) is 0 Å². The van der Waals surface area contributed by atoms with Crippen molar-refractivity contribution in [3.63, 3.8) is 0 Å². The van der Waals surface area contributed by atoms with Crippen LogP contribution in [0.2, 0.25) is 0 Å². The minimum Gasteiger partial charge on any atom is -0.495 e. The Morgan fingerprint density at radius 2 is 2.23 bits per heavy atom. The van der Waals surface area contributed by atoms with Crippen molar-refractivity contribution < 1.29 is 23.1 Å². The molecule has 0 saturated carbocycles. The Morgan fingerprint density at radius 3 is 2.62 bits per heavy atom. The summed E-state index contributed by atoms with van der Waals surface area (Å²) in [6.07, 6.45) is 0.279. The highest BCUT2D eigenvalue weighted by molar-refractivity contribution is 7.96. The first-order chi connectivity index (χ1) is 5.99. The summed E-state index contributed by atoms with van der Waals surface area (Å²) in [5, 5.41) is 8.66. The lowest BCUT2D eigenvalue weighted by Crippen LogP contribution is -2.26. The van der Waals surface area contributed by atoms with E-state index in [1.54, 1.807) is 6.92 Å². The molecule has 0 radical (unpaired) electrons. The number of aliphatic carboxylic acids is 1. The molecule has 0 atom stereocenters. The molecule has 1 aliphatic heterocycles. The molecule has 1 rings (SSSR count). The van der Waals surface area contributed by atoms with E-state index in [0.717, 1.165) is 0 Å². The molecule has 0 fully saturated rings. The Balaban J connectivity index is 3.29. The van der Waals surface area contributed by atoms with E-state index in [1.807, 2.05) is 0 Å². The van der Waals surface area contributed by atoms with Crippen LogP contribution < -0.4 is 0 Å². The smallest absolute Gasteiger partial charge is 0.350 e. The Morgan fingerprint density at radius 1 is 1.62 bits per heavy atom. The average molecular weight is 206 g/mol. The second-order valence-corrected chi connectivity index (χ2v) is 4.62. The lowest BCUT2D eigenvalue weighted by atomic mass is 10.3. The van der Waals surface area contributed by atoms with E-state index in [1.165, 1.54) is 0 Å². The SMILES string of the molecule is CCC1=C(C(=O)O)S(=O)(=O)CCO1. The van der Waals surface area contributed by atoms with Gasteiger partial charge in [0.2, 0.25) is 0 Å². The van der Waals surface area contributed by atoms with Crippen molar-refractivity contribution in [2.45, 2.75) is 13.3 Å². The van der Waals surface area contributed by atoms with Crippen LogP contribution in [0.4, 0.5) is 0 Å². The van der Waals surface area contributed by atoms with Crippen molar-refractivity contribution in [3.05, 3.63) is 10.7 Å². The number of rotatable bonds is 2. The molecule has 1 N–H and O–H groups in total. The summed E-state index contributed by atoms with van der Waals surface area (Å²) in [5.41, 5.74) is 0. The molecule has 0 aromatic carbocycles. The van der Waals surface area contributed by atoms with E-state index in [2.05, 4.69) is 0 Å². The fourth-order valence-corrected chi connectivity index (χ4v) is 2.45. The molecule has 1 aliphatic rings. The number of carbonyl (C=O) groups is 1. The first-order valence-corrected chi connectivity index (χ1v) is 5.46. The van der Waals surface area contributed by atoms with Gasteiger partial charge in [0.05, 0.1) is 5.75 Å². The molecule has 0 spiro atoms. The average Bonchev–Trinajstić information content (AvgIpc) is 2.01. The van der Waals surface area contributed by atoms with Crippen LogP contribution in [-0.2, 0) is 19.4 Å². The summed E-state index contributed by atoms with van der Waals surface area (Å²) >= 11 is 0. The van der Waals surface area contributed by atoms with Gasteiger partial charge >= 0.3 is 5.97 Å². The maximum absolute atomic E-state index is 11.3. The molecule has 0 aliphatic carbocycles. The monoisotopic (exact) mass is 206 g/mol. The predicted octanol–water partition coefficient (Wildman–Crippen LogP) is 0.138. The summed E-state index contributed by atoms with van der Waals surface area (Å²) in [7, 11) is -3.63. The van der Waals surface area contributed by atoms with Crippen LogP contribution in [0.5, 0.6) is 0 Å². The zero-order valence-corrected chi connectivity index (χ0v) is 7.93. The minimum absolute atomic E-state index is 0.0439. The second kappa shape index (κ2) is 3.37. The van der Waals surface area contributed by atoms with Crippen molar-refractivity contribution in [3.8, 4) is 0 Å². The van der Waals surface area contributed by atoms with E-state index < -0.39 is 20.7 Å². The Hall–Kier alpha value is -1.04. The number of ether oxygens (including phenoxy) is 1. The van der Waals surface area contributed by atoms with E-state index >= 15 is 0 Å². The van der Waals surface area contributed by atoms with Crippen LogP contribution >= 0.6 is 0 Å². The van der Waals surface area contributed by atoms with Crippen LogP contribution in [0, 0.1) is 0 Å². The standard InChI is InChI=1S/C7H10O5S/c1-2-5-6(7(8)9)13(10,11)4-3-12-5/h2-4H2,1H3,(H,8,9). The van der Waals surface area contributed by atoms with Crippen LogP contribution in [0.25, 0.3) is 0 Å². The summed E-state index contributed by atoms with van der Waals surface area (Å²) < 4.78 is 27.5. The van der Waals surface area contributed by atoms with Gasteiger partial charge in [-0.05, 0) is 0 Å². The second-order valence-electron chi connectivity index (χ2n) is 2.58. The largest absolute Gasteiger partial charge is 0.495 e. The van der Waals surface area contributed by atoms with Gasteiger partial charge < -0.3 is 9.84 Å². The Bertz CT molecular complexity index is 351. The molecule has 6 heteroatoms. The van der Waals surface area contributed by atoms with Crippen LogP contribution in [-0.4, -0.2) is 31.9 Å². The fraction of sp³-hybridized carbons (Fsp3) is 0.571. The van der Waals surface area contributed by atoms with Gasteiger partial charge in [0.25, 0.3) is 0 Å². The normalized spacial score (nSPS) is 21.0. The first-order valence-electron chi connectivity index (χ1n) is 3.81. The quantitative estimate of drug-likeness (QED) is 0.695. The molecular formula is C7H10O5S. The maximum atomic E-state index is 11.3. The third kappa shape index (κ3) is 1.82. The van der Waals surface area contributed by atoms with Crippen molar-refractivity contribution in [2.75, 3.05) is 12.4 Å². The Labute approximate surface area is 75.9 Å². The fourth-order valence-electron chi connectivity index (χ4n) is 1.13. The minimum atomic E-state index is -3.63. The summed E-state index contributed by atoms with van der Waals surface area (Å²) in [5.74, 6) is -1.63. The van der Waals surface area contributed by atoms with Crippen molar-refractivity contribution in [1.82, 2.24) is 0 Å². The van der Waals surface area contributed by atoms with Gasteiger partial charge in [-0.2, -0.15) is 0 Å².